The Balaban J connectivity index is 2.76. The summed E-state index contributed by atoms with van der Waals surface area (Å²) in [6.07, 6.45) is 1.27. The van der Waals surface area contributed by atoms with E-state index in [1.165, 1.54) is 0 Å². The van der Waals surface area contributed by atoms with Crippen molar-refractivity contribution < 1.29 is 17.9 Å². The molecule has 0 bridgehead atoms. The summed E-state index contributed by atoms with van der Waals surface area (Å²) in [6.45, 7) is 6.12. The Hall–Kier alpha value is -1.80. The van der Waals surface area contributed by atoms with Crippen LogP contribution in [0.25, 0.3) is 0 Å². The fourth-order valence-corrected chi connectivity index (χ4v) is 2.85. The van der Waals surface area contributed by atoms with Crippen LogP contribution in [0.1, 0.15) is 26.3 Å². The van der Waals surface area contributed by atoms with Crippen molar-refractivity contribution in [1.82, 2.24) is 10.2 Å². The molecule has 0 spiro atoms. The van der Waals surface area contributed by atoms with Crippen molar-refractivity contribution in [3.63, 3.8) is 0 Å². The van der Waals surface area contributed by atoms with E-state index in [1.807, 2.05) is 51.9 Å². The van der Waals surface area contributed by atoms with E-state index in [0.717, 1.165) is 11.8 Å². The van der Waals surface area contributed by atoms with Gasteiger partial charge >= 0.3 is 6.09 Å². The third kappa shape index (κ3) is 9.93. The van der Waals surface area contributed by atoms with Gasteiger partial charge in [-0.15, -0.1) is 0 Å². The number of carbonyl (C=O) groups is 1. The second-order valence-corrected chi connectivity index (χ2v) is 9.13. The fraction of sp³-hybridized carbons (Fsp3) is 0.588. The summed E-state index contributed by atoms with van der Waals surface area (Å²) in [5.41, 5.74) is 0.948. The van der Waals surface area contributed by atoms with Crippen molar-refractivity contribution in [1.29, 1.82) is 0 Å². The predicted octanol–water partition coefficient (Wildman–Crippen LogP) is 2.06. The Labute approximate surface area is 150 Å². The number of sulfonamides is 1. The fourth-order valence-electron chi connectivity index (χ4n) is 2.28. The first-order valence-electron chi connectivity index (χ1n) is 8.05. The molecule has 8 heteroatoms. The average Bonchev–Trinajstić information content (AvgIpc) is 2.36. The molecule has 25 heavy (non-hydrogen) atoms. The number of carbonyl (C=O) groups excluding carboxylic acids is 1. The van der Waals surface area contributed by atoms with Crippen LogP contribution in [-0.2, 0) is 21.2 Å². The number of anilines is 1. The van der Waals surface area contributed by atoms with Gasteiger partial charge in [-0.2, -0.15) is 0 Å². The lowest BCUT2D eigenvalue weighted by Gasteiger charge is -2.25. The minimum absolute atomic E-state index is 0.126. The van der Waals surface area contributed by atoms with Gasteiger partial charge in [0, 0.05) is 18.3 Å². The lowest BCUT2D eigenvalue weighted by Crippen LogP contribution is -2.45. The summed E-state index contributed by atoms with van der Waals surface area (Å²) >= 11 is 0. The topological polar surface area (TPSA) is 87.7 Å². The van der Waals surface area contributed by atoms with Gasteiger partial charge in [-0.3, -0.25) is 4.72 Å². The number of benzene rings is 1. The van der Waals surface area contributed by atoms with Gasteiger partial charge in [-0.1, -0.05) is 12.1 Å². The van der Waals surface area contributed by atoms with Crippen molar-refractivity contribution in [2.24, 2.45) is 0 Å². The first kappa shape index (κ1) is 21.2. The zero-order valence-corrected chi connectivity index (χ0v) is 16.6. The van der Waals surface area contributed by atoms with Crippen molar-refractivity contribution in [2.75, 3.05) is 31.6 Å². The Kier molecular flexibility index (Phi) is 7.25. The van der Waals surface area contributed by atoms with Crippen molar-refractivity contribution in [3.05, 3.63) is 29.8 Å². The molecule has 1 atom stereocenters. The molecule has 0 fully saturated rings. The number of amides is 1. The molecular formula is C17H29N3O4S. The van der Waals surface area contributed by atoms with Crippen LogP contribution >= 0.6 is 0 Å². The van der Waals surface area contributed by atoms with Crippen molar-refractivity contribution in [2.45, 2.75) is 38.8 Å². The van der Waals surface area contributed by atoms with Crippen LogP contribution < -0.4 is 10.0 Å². The first-order chi connectivity index (χ1) is 11.3. The molecule has 0 radical (unpaired) electrons. The lowest BCUT2D eigenvalue weighted by atomic mass is 10.1. The van der Waals surface area contributed by atoms with E-state index in [-0.39, 0.29) is 6.04 Å². The molecule has 0 aliphatic carbocycles. The zero-order chi connectivity index (χ0) is 19.3. The normalized spacial score (nSPS) is 13.4. The number of hydrogen-bond acceptors (Lipinski definition) is 5. The zero-order valence-electron chi connectivity index (χ0n) is 15.8. The monoisotopic (exact) mass is 371 g/mol. The van der Waals surface area contributed by atoms with Gasteiger partial charge in [0.05, 0.1) is 6.26 Å². The third-order valence-electron chi connectivity index (χ3n) is 3.05. The van der Waals surface area contributed by atoms with Gasteiger partial charge in [-0.25, -0.2) is 13.2 Å². The van der Waals surface area contributed by atoms with E-state index < -0.39 is 21.7 Å². The Bertz CT molecular complexity index is 664. The second kappa shape index (κ2) is 8.53. The summed E-state index contributed by atoms with van der Waals surface area (Å²) in [5.74, 6) is 0. The molecule has 1 aromatic rings. The number of likely N-dealkylation sites (N-methyl/N-ethyl adjacent to an activating group) is 1. The molecule has 0 aromatic heterocycles. The highest BCUT2D eigenvalue weighted by Gasteiger charge is 2.20. The summed E-state index contributed by atoms with van der Waals surface area (Å²) in [5, 5.41) is 2.89. The standard InChI is InChI=1S/C17H29N3O4S/c1-17(2,3)24-16(21)18-15(12-20(4)5)11-13-7-9-14(10-8-13)19-25(6,22)23/h7-10,15,19H,11-12H2,1-6H3,(H,18,21)/t15-/m0/s1. The smallest absolute Gasteiger partial charge is 0.407 e. The van der Waals surface area contributed by atoms with E-state index in [2.05, 4.69) is 10.0 Å². The van der Waals surface area contributed by atoms with Crippen molar-refractivity contribution >= 4 is 21.8 Å². The van der Waals surface area contributed by atoms with Crippen LogP contribution in [0.4, 0.5) is 10.5 Å². The van der Waals surface area contributed by atoms with E-state index in [1.54, 1.807) is 12.1 Å². The minimum Gasteiger partial charge on any atom is -0.444 e. The number of hydrogen-bond donors (Lipinski definition) is 2. The van der Waals surface area contributed by atoms with Gasteiger partial charge in [0.15, 0.2) is 0 Å². The number of nitrogens with one attached hydrogen (secondary N) is 2. The van der Waals surface area contributed by atoms with E-state index in [9.17, 15) is 13.2 Å². The third-order valence-corrected chi connectivity index (χ3v) is 3.65. The summed E-state index contributed by atoms with van der Waals surface area (Å²) in [6, 6.07) is 6.96. The van der Waals surface area contributed by atoms with Crippen LogP contribution in [0, 0.1) is 0 Å². The molecule has 0 saturated heterocycles. The maximum absolute atomic E-state index is 12.0. The summed E-state index contributed by atoms with van der Waals surface area (Å²) < 4.78 is 30.2. The quantitative estimate of drug-likeness (QED) is 0.766. The van der Waals surface area contributed by atoms with Gasteiger partial charge in [-0.05, 0) is 59.0 Å². The molecule has 1 aromatic carbocycles. The predicted molar refractivity (Wildman–Crippen MR) is 100 cm³/mol. The largest absolute Gasteiger partial charge is 0.444 e. The minimum atomic E-state index is -3.29. The molecule has 0 saturated carbocycles. The van der Waals surface area contributed by atoms with E-state index in [4.69, 9.17) is 4.74 Å². The SMILES string of the molecule is CN(C)C[C@H](Cc1ccc(NS(C)(=O)=O)cc1)NC(=O)OC(C)(C)C. The Morgan fingerprint density at radius 2 is 1.76 bits per heavy atom. The molecule has 0 unspecified atom stereocenters. The molecule has 1 rings (SSSR count). The summed E-state index contributed by atoms with van der Waals surface area (Å²) in [4.78, 5) is 14.0. The van der Waals surface area contributed by atoms with Crippen LogP contribution in [0.5, 0.6) is 0 Å². The Morgan fingerprint density at radius 3 is 2.20 bits per heavy atom. The lowest BCUT2D eigenvalue weighted by molar-refractivity contribution is 0.0497. The highest BCUT2D eigenvalue weighted by atomic mass is 32.2. The maximum atomic E-state index is 12.0. The number of alkyl carbamates (subject to hydrolysis) is 1. The van der Waals surface area contributed by atoms with Gasteiger partial charge in [0.25, 0.3) is 0 Å². The number of rotatable bonds is 7. The molecule has 2 N–H and O–H groups in total. The van der Waals surface area contributed by atoms with E-state index in [0.29, 0.717) is 18.7 Å². The van der Waals surface area contributed by atoms with Crippen LogP contribution in [0.2, 0.25) is 0 Å². The number of ether oxygens (including phenoxy) is 1. The second-order valence-electron chi connectivity index (χ2n) is 7.38. The highest BCUT2D eigenvalue weighted by molar-refractivity contribution is 7.92. The molecule has 7 nitrogen and oxygen atoms in total. The molecular weight excluding hydrogens is 342 g/mol. The van der Waals surface area contributed by atoms with Crippen LogP contribution in [-0.4, -0.2) is 57.9 Å². The van der Waals surface area contributed by atoms with Crippen LogP contribution in [0.15, 0.2) is 24.3 Å². The molecule has 0 heterocycles. The van der Waals surface area contributed by atoms with Gasteiger partial charge < -0.3 is 15.0 Å². The van der Waals surface area contributed by atoms with Gasteiger partial charge in [0.2, 0.25) is 10.0 Å². The maximum Gasteiger partial charge on any atom is 0.407 e. The molecule has 142 valence electrons. The van der Waals surface area contributed by atoms with Crippen molar-refractivity contribution in [3.8, 4) is 0 Å². The average molecular weight is 372 g/mol. The molecule has 0 aliphatic heterocycles. The highest BCUT2D eigenvalue weighted by Crippen LogP contribution is 2.13. The van der Waals surface area contributed by atoms with Crippen LogP contribution in [0.3, 0.4) is 0 Å². The summed E-state index contributed by atoms with van der Waals surface area (Å²) in [7, 11) is 0.574. The Morgan fingerprint density at radius 1 is 1.20 bits per heavy atom. The molecule has 1 amide bonds. The van der Waals surface area contributed by atoms with E-state index >= 15 is 0 Å². The first-order valence-corrected chi connectivity index (χ1v) is 9.94. The molecule has 0 aliphatic rings. The van der Waals surface area contributed by atoms with Gasteiger partial charge in [0.1, 0.15) is 5.60 Å². The number of nitrogens with zero attached hydrogens (tertiary/aromatic N) is 1.